The van der Waals surface area contributed by atoms with Gasteiger partial charge in [0, 0.05) is 17.6 Å². The maximum atomic E-state index is 13.2. The Hall–Kier alpha value is -1.58. The number of benzene rings is 2. The molecule has 1 atom stereocenters. The minimum absolute atomic E-state index is 0.0866. The third-order valence-electron chi connectivity index (χ3n) is 4.21. The van der Waals surface area contributed by atoms with Crippen molar-refractivity contribution in [3.8, 4) is 0 Å². The summed E-state index contributed by atoms with van der Waals surface area (Å²) in [5.74, 6) is -0.592. The summed E-state index contributed by atoms with van der Waals surface area (Å²) in [5, 5.41) is 0.866. The van der Waals surface area contributed by atoms with E-state index in [2.05, 4.69) is 0 Å². The zero-order chi connectivity index (χ0) is 16.4. The van der Waals surface area contributed by atoms with Crippen LogP contribution in [0.1, 0.15) is 28.8 Å². The minimum Gasteiger partial charge on any atom is -0.335 e. The molecule has 1 unspecified atom stereocenters. The average molecular weight is 352 g/mol. The van der Waals surface area contributed by atoms with Gasteiger partial charge >= 0.3 is 0 Å². The molecule has 1 amide bonds. The Kier molecular flexibility index (Phi) is 4.88. The van der Waals surface area contributed by atoms with Crippen molar-refractivity contribution in [2.75, 3.05) is 6.54 Å². The quantitative estimate of drug-likeness (QED) is 0.763. The molecular formula is C18H16Cl2FNO. The molecule has 0 radical (unpaired) electrons. The lowest BCUT2D eigenvalue weighted by Gasteiger charge is -2.25. The van der Waals surface area contributed by atoms with Gasteiger partial charge in [-0.1, -0.05) is 41.4 Å². The standard InChI is InChI=1S/C18H16Cl2FNO/c19-16-6-2-1-4-12(16)10-14-5-3-9-22(14)18(23)15-8-7-13(21)11-17(15)20/h1-2,4,6-8,11,14H,3,5,9-10H2. The van der Waals surface area contributed by atoms with Crippen LogP contribution in [0.15, 0.2) is 42.5 Å². The molecular weight excluding hydrogens is 336 g/mol. The number of carbonyl (C=O) groups is 1. The van der Waals surface area contributed by atoms with Crippen molar-refractivity contribution in [3.63, 3.8) is 0 Å². The third-order valence-corrected chi connectivity index (χ3v) is 4.89. The number of hydrogen-bond acceptors (Lipinski definition) is 1. The van der Waals surface area contributed by atoms with Gasteiger partial charge in [0.15, 0.2) is 0 Å². The number of likely N-dealkylation sites (tertiary alicyclic amines) is 1. The van der Waals surface area contributed by atoms with Gasteiger partial charge in [-0.15, -0.1) is 0 Å². The molecule has 0 N–H and O–H groups in total. The maximum Gasteiger partial charge on any atom is 0.255 e. The van der Waals surface area contributed by atoms with Gasteiger partial charge in [-0.05, 0) is 49.1 Å². The normalized spacial score (nSPS) is 17.5. The lowest BCUT2D eigenvalue weighted by Crippen LogP contribution is -2.37. The molecule has 0 saturated carbocycles. The molecule has 0 aliphatic carbocycles. The summed E-state index contributed by atoms with van der Waals surface area (Å²) in [6.07, 6.45) is 2.58. The second-order valence-electron chi connectivity index (χ2n) is 5.71. The predicted molar refractivity (Wildman–Crippen MR) is 90.6 cm³/mol. The van der Waals surface area contributed by atoms with Crippen molar-refractivity contribution in [1.82, 2.24) is 4.90 Å². The Balaban J connectivity index is 1.81. The van der Waals surface area contributed by atoms with E-state index in [1.807, 2.05) is 29.2 Å². The SMILES string of the molecule is O=C(c1ccc(F)cc1Cl)N1CCCC1Cc1ccccc1Cl. The van der Waals surface area contributed by atoms with Gasteiger partial charge in [-0.25, -0.2) is 4.39 Å². The van der Waals surface area contributed by atoms with Crippen molar-refractivity contribution in [2.45, 2.75) is 25.3 Å². The van der Waals surface area contributed by atoms with E-state index >= 15 is 0 Å². The van der Waals surface area contributed by atoms with Crippen LogP contribution in [0.4, 0.5) is 4.39 Å². The molecule has 0 spiro atoms. The zero-order valence-electron chi connectivity index (χ0n) is 12.4. The highest BCUT2D eigenvalue weighted by atomic mass is 35.5. The summed E-state index contributed by atoms with van der Waals surface area (Å²) in [6.45, 7) is 0.682. The van der Waals surface area contributed by atoms with E-state index in [1.165, 1.54) is 18.2 Å². The second-order valence-corrected chi connectivity index (χ2v) is 6.53. The van der Waals surface area contributed by atoms with Crippen LogP contribution in [0.25, 0.3) is 0 Å². The summed E-state index contributed by atoms with van der Waals surface area (Å²) in [7, 11) is 0. The van der Waals surface area contributed by atoms with E-state index in [0.29, 0.717) is 23.6 Å². The molecule has 1 aliphatic rings. The number of carbonyl (C=O) groups excluding carboxylic acids is 1. The van der Waals surface area contributed by atoms with Gasteiger partial charge in [0.25, 0.3) is 5.91 Å². The molecule has 120 valence electrons. The Morgan fingerprint density at radius 2 is 1.96 bits per heavy atom. The Morgan fingerprint density at radius 1 is 1.17 bits per heavy atom. The highest BCUT2D eigenvalue weighted by Gasteiger charge is 2.30. The van der Waals surface area contributed by atoms with Crippen LogP contribution >= 0.6 is 23.2 Å². The van der Waals surface area contributed by atoms with Gasteiger partial charge in [0.2, 0.25) is 0 Å². The van der Waals surface area contributed by atoms with E-state index in [9.17, 15) is 9.18 Å². The molecule has 23 heavy (non-hydrogen) atoms. The number of amides is 1. The fourth-order valence-electron chi connectivity index (χ4n) is 3.05. The molecule has 1 fully saturated rings. The first kappa shape index (κ1) is 16.3. The van der Waals surface area contributed by atoms with Crippen LogP contribution in [-0.2, 0) is 6.42 Å². The summed E-state index contributed by atoms with van der Waals surface area (Å²) in [5.41, 5.74) is 1.38. The van der Waals surface area contributed by atoms with Crippen LogP contribution in [0.5, 0.6) is 0 Å². The van der Waals surface area contributed by atoms with Gasteiger partial charge in [0.05, 0.1) is 10.6 Å². The van der Waals surface area contributed by atoms with Crippen molar-refractivity contribution in [1.29, 1.82) is 0 Å². The van der Waals surface area contributed by atoms with Gasteiger partial charge < -0.3 is 4.90 Å². The molecule has 0 bridgehead atoms. The third kappa shape index (κ3) is 3.51. The molecule has 1 heterocycles. The Labute approximate surface area is 144 Å². The monoisotopic (exact) mass is 351 g/mol. The van der Waals surface area contributed by atoms with E-state index in [-0.39, 0.29) is 17.0 Å². The molecule has 2 nitrogen and oxygen atoms in total. The summed E-state index contributed by atoms with van der Waals surface area (Å²) in [6, 6.07) is 11.6. The highest BCUT2D eigenvalue weighted by molar-refractivity contribution is 6.33. The molecule has 2 aromatic carbocycles. The Morgan fingerprint density at radius 3 is 2.70 bits per heavy atom. The molecule has 0 aromatic heterocycles. The van der Waals surface area contributed by atoms with Crippen LogP contribution in [0.2, 0.25) is 10.0 Å². The van der Waals surface area contributed by atoms with Gasteiger partial charge in [-0.2, -0.15) is 0 Å². The first-order chi connectivity index (χ1) is 11.1. The topological polar surface area (TPSA) is 20.3 Å². The minimum atomic E-state index is -0.444. The smallest absolute Gasteiger partial charge is 0.255 e. The van der Waals surface area contributed by atoms with Crippen molar-refractivity contribution >= 4 is 29.1 Å². The van der Waals surface area contributed by atoms with Crippen molar-refractivity contribution in [3.05, 3.63) is 69.5 Å². The molecule has 1 saturated heterocycles. The number of nitrogens with zero attached hydrogens (tertiary/aromatic N) is 1. The van der Waals surface area contributed by atoms with Crippen LogP contribution in [-0.4, -0.2) is 23.4 Å². The van der Waals surface area contributed by atoms with Gasteiger partial charge in [-0.3, -0.25) is 4.79 Å². The number of halogens is 3. The maximum absolute atomic E-state index is 13.2. The zero-order valence-corrected chi connectivity index (χ0v) is 13.9. The van der Waals surface area contributed by atoms with Crippen LogP contribution in [0, 0.1) is 5.82 Å². The fourth-order valence-corrected chi connectivity index (χ4v) is 3.51. The Bertz CT molecular complexity index is 735. The fraction of sp³-hybridized carbons (Fsp3) is 0.278. The number of hydrogen-bond donors (Lipinski definition) is 0. The van der Waals surface area contributed by atoms with E-state index in [1.54, 1.807) is 0 Å². The summed E-state index contributed by atoms with van der Waals surface area (Å²) in [4.78, 5) is 14.6. The first-order valence-electron chi connectivity index (χ1n) is 7.55. The van der Waals surface area contributed by atoms with E-state index in [4.69, 9.17) is 23.2 Å². The highest BCUT2D eigenvalue weighted by Crippen LogP contribution is 2.28. The first-order valence-corrected chi connectivity index (χ1v) is 8.31. The van der Waals surface area contributed by atoms with E-state index in [0.717, 1.165) is 18.4 Å². The largest absolute Gasteiger partial charge is 0.335 e. The van der Waals surface area contributed by atoms with Crippen LogP contribution in [0.3, 0.4) is 0 Å². The second kappa shape index (κ2) is 6.90. The number of rotatable bonds is 3. The lowest BCUT2D eigenvalue weighted by molar-refractivity contribution is 0.0736. The van der Waals surface area contributed by atoms with Crippen LogP contribution < -0.4 is 0 Å². The molecule has 1 aliphatic heterocycles. The van der Waals surface area contributed by atoms with Gasteiger partial charge in [0.1, 0.15) is 5.82 Å². The predicted octanol–water partition coefficient (Wildman–Crippen LogP) is 4.98. The summed E-state index contributed by atoms with van der Waals surface area (Å²) >= 11 is 12.3. The average Bonchev–Trinajstić information content (AvgIpc) is 2.97. The molecule has 3 rings (SSSR count). The summed E-state index contributed by atoms with van der Waals surface area (Å²) < 4.78 is 13.2. The molecule has 2 aromatic rings. The molecule has 5 heteroatoms. The van der Waals surface area contributed by atoms with Crippen molar-refractivity contribution in [2.24, 2.45) is 0 Å². The van der Waals surface area contributed by atoms with E-state index < -0.39 is 5.82 Å². The lowest BCUT2D eigenvalue weighted by atomic mass is 10.0. The van der Waals surface area contributed by atoms with Crippen molar-refractivity contribution < 1.29 is 9.18 Å².